The van der Waals surface area contributed by atoms with E-state index in [1.165, 1.54) is 28.8 Å². The molecule has 1 aromatic heterocycles. The molecule has 0 bridgehead atoms. The second kappa shape index (κ2) is 7.14. The predicted octanol–water partition coefficient (Wildman–Crippen LogP) is 2.47. The number of nitrogens with zero attached hydrogens (tertiary/aromatic N) is 3. The number of hydrogen-bond acceptors (Lipinski definition) is 6. The number of benzene rings is 2. The van der Waals surface area contributed by atoms with Crippen LogP contribution in [0.15, 0.2) is 53.3 Å². The molecular formula is C18H15N3O5. The van der Waals surface area contributed by atoms with Crippen molar-refractivity contribution in [2.45, 2.75) is 13.5 Å². The first-order valence-electron chi connectivity index (χ1n) is 7.85. The zero-order chi connectivity index (χ0) is 18.7. The van der Waals surface area contributed by atoms with Gasteiger partial charge in [0.1, 0.15) is 12.4 Å². The fourth-order valence-corrected chi connectivity index (χ4v) is 2.57. The molecule has 2 aromatic carbocycles. The standard InChI is InChI=1S/C18H15N3O5/c1-12-19-16-5-3-2-4-15(16)17(22)20(12)10-11-26-18(23)13-6-8-14(9-7-13)21(24)25/h2-9H,10-11H2,1H3. The van der Waals surface area contributed by atoms with Gasteiger partial charge < -0.3 is 4.74 Å². The molecule has 0 saturated carbocycles. The zero-order valence-corrected chi connectivity index (χ0v) is 13.9. The average Bonchev–Trinajstić information content (AvgIpc) is 2.64. The van der Waals surface area contributed by atoms with Crippen LogP contribution in [0.5, 0.6) is 0 Å². The third-order valence-electron chi connectivity index (χ3n) is 3.91. The van der Waals surface area contributed by atoms with Crippen LogP contribution in [0.25, 0.3) is 10.9 Å². The lowest BCUT2D eigenvalue weighted by Crippen LogP contribution is -2.26. The highest BCUT2D eigenvalue weighted by atomic mass is 16.6. The summed E-state index contributed by atoms with van der Waals surface area (Å²) >= 11 is 0. The van der Waals surface area contributed by atoms with Crippen molar-refractivity contribution in [1.82, 2.24) is 9.55 Å². The Kier molecular flexibility index (Phi) is 4.74. The maximum Gasteiger partial charge on any atom is 0.338 e. The van der Waals surface area contributed by atoms with E-state index in [1.807, 2.05) is 6.07 Å². The second-order valence-corrected chi connectivity index (χ2v) is 5.57. The lowest BCUT2D eigenvalue weighted by Gasteiger charge is -2.11. The Bertz CT molecular complexity index is 1040. The summed E-state index contributed by atoms with van der Waals surface area (Å²) in [5.41, 5.74) is 0.524. The Balaban J connectivity index is 1.70. The van der Waals surface area contributed by atoms with E-state index in [-0.39, 0.29) is 30.0 Å². The number of nitro benzene ring substituents is 1. The molecule has 0 N–H and O–H groups in total. The first-order valence-corrected chi connectivity index (χ1v) is 7.85. The Hall–Kier alpha value is -3.55. The summed E-state index contributed by atoms with van der Waals surface area (Å²) in [6.07, 6.45) is 0. The summed E-state index contributed by atoms with van der Waals surface area (Å²) in [5.74, 6) is -0.0839. The van der Waals surface area contributed by atoms with Gasteiger partial charge in [0.15, 0.2) is 0 Å². The van der Waals surface area contributed by atoms with E-state index in [9.17, 15) is 19.7 Å². The van der Waals surface area contributed by atoms with Gasteiger partial charge in [-0.1, -0.05) is 12.1 Å². The van der Waals surface area contributed by atoms with Crippen LogP contribution < -0.4 is 5.56 Å². The summed E-state index contributed by atoms with van der Waals surface area (Å²) in [5, 5.41) is 11.1. The second-order valence-electron chi connectivity index (χ2n) is 5.57. The molecule has 0 spiro atoms. The van der Waals surface area contributed by atoms with E-state index in [1.54, 1.807) is 25.1 Å². The van der Waals surface area contributed by atoms with Gasteiger partial charge in [0.2, 0.25) is 0 Å². The molecule has 132 valence electrons. The van der Waals surface area contributed by atoms with Crippen LogP contribution in [-0.2, 0) is 11.3 Å². The SMILES string of the molecule is Cc1nc2ccccc2c(=O)n1CCOC(=O)c1ccc([N+](=O)[O-])cc1. The van der Waals surface area contributed by atoms with Gasteiger partial charge in [-0.2, -0.15) is 0 Å². The maximum absolute atomic E-state index is 12.5. The van der Waals surface area contributed by atoms with Crippen LogP contribution in [0, 0.1) is 17.0 Å². The molecule has 1 heterocycles. The summed E-state index contributed by atoms with van der Waals surface area (Å²) in [6, 6.07) is 12.2. The monoisotopic (exact) mass is 353 g/mol. The number of aromatic nitrogens is 2. The van der Waals surface area contributed by atoms with Gasteiger partial charge in [-0.25, -0.2) is 9.78 Å². The van der Waals surface area contributed by atoms with Crippen LogP contribution in [-0.4, -0.2) is 27.1 Å². The van der Waals surface area contributed by atoms with E-state index in [0.717, 1.165) is 0 Å². The molecule has 0 unspecified atom stereocenters. The van der Waals surface area contributed by atoms with Gasteiger partial charge in [0.05, 0.1) is 27.9 Å². The molecule has 0 fully saturated rings. The summed E-state index contributed by atoms with van der Waals surface area (Å²) in [4.78, 5) is 39.0. The normalized spacial score (nSPS) is 10.7. The molecule has 0 radical (unpaired) electrons. The number of carbonyl (C=O) groups is 1. The number of aryl methyl sites for hydroxylation is 1. The van der Waals surface area contributed by atoms with Crippen LogP contribution in [0.1, 0.15) is 16.2 Å². The molecule has 0 aliphatic carbocycles. The number of non-ortho nitro benzene ring substituents is 1. The van der Waals surface area contributed by atoms with Crippen LogP contribution in [0.3, 0.4) is 0 Å². The molecule has 3 rings (SSSR count). The molecule has 8 heteroatoms. The van der Waals surface area contributed by atoms with Crippen LogP contribution in [0.2, 0.25) is 0 Å². The Morgan fingerprint density at radius 2 is 1.88 bits per heavy atom. The van der Waals surface area contributed by atoms with Crippen molar-refractivity contribution in [3.05, 3.63) is 80.4 Å². The van der Waals surface area contributed by atoms with E-state index in [2.05, 4.69) is 4.98 Å². The summed E-state index contributed by atoms with van der Waals surface area (Å²) in [7, 11) is 0. The number of ether oxygens (including phenoxy) is 1. The molecule has 0 aliphatic rings. The highest BCUT2D eigenvalue weighted by molar-refractivity contribution is 5.89. The lowest BCUT2D eigenvalue weighted by atomic mass is 10.2. The summed E-state index contributed by atoms with van der Waals surface area (Å²) in [6.45, 7) is 1.86. The number of nitro groups is 1. The smallest absolute Gasteiger partial charge is 0.338 e. The molecule has 3 aromatic rings. The average molecular weight is 353 g/mol. The molecular weight excluding hydrogens is 338 g/mol. The maximum atomic E-state index is 12.5. The quantitative estimate of drug-likeness (QED) is 0.396. The van der Waals surface area contributed by atoms with E-state index in [0.29, 0.717) is 16.7 Å². The topological polar surface area (TPSA) is 104 Å². The highest BCUT2D eigenvalue weighted by Crippen LogP contribution is 2.13. The Labute approximate surface area is 147 Å². The van der Waals surface area contributed by atoms with Crippen molar-refractivity contribution in [2.75, 3.05) is 6.61 Å². The fourth-order valence-electron chi connectivity index (χ4n) is 2.57. The number of fused-ring (bicyclic) bond motifs is 1. The van der Waals surface area contributed by atoms with Crippen LogP contribution >= 0.6 is 0 Å². The van der Waals surface area contributed by atoms with Gasteiger partial charge in [-0.15, -0.1) is 0 Å². The van der Waals surface area contributed by atoms with Crippen molar-refractivity contribution in [1.29, 1.82) is 0 Å². The highest BCUT2D eigenvalue weighted by Gasteiger charge is 2.12. The Morgan fingerprint density at radius 1 is 1.19 bits per heavy atom. The van der Waals surface area contributed by atoms with Crippen molar-refractivity contribution >= 4 is 22.6 Å². The van der Waals surface area contributed by atoms with Crippen LogP contribution in [0.4, 0.5) is 5.69 Å². The Morgan fingerprint density at radius 3 is 2.58 bits per heavy atom. The van der Waals surface area contributed by atoms with E-state index < -0.39 is 10.9 Å². The third-order valence-corrected chi connectivity index (χ3v) is 3.91. The van der Waals surface area contributed by atoms with Crippen molar-refractivity contribution in [3.8, 4) is 0 Å². The van der Waals surface area contributed by atoms with Crippen molar-refractivity contribution in [2.24, 2.45) is 0 Å². The number of para-hydroxylation sites is 1. The number of carbonyl (C=O) groups excluding carboxylic acids is 1. The van der Waals surface area contributed by atoms with Gasteiger partial charge in [-0.3, -0.25) is 19.5 Å². The predicted molar refractivity (Wildman–Crippen MR) is 94.1 cm³/mol. The fraction of sp³-hybridized carbons (Fsp3) is 0.167. The first kappa shape index (κ1) is 17.3. The molecule has 8 nitrogen and oxygen atoms in total. The molecule has 0 aliphatic heterocycles. The minimum Gasteiger partial charge on any atom is -0.460 e. The lowest BCUT2D eigenvalue weighted by molar-refractivity contribution is -0.384. The van der Waals surface area contributed by atoms with Crippen molar-refractivity contribution in [3.63, 3.8) is 0 Å². The molecule has 26 heavy (non-hydrogen) atoms. The van der Waals surface area contributed by atoms with E-state index >= 15 is 0 Å². The van der Waals surface area contributed by atoms with Gasteiger partial charge in [-0.05, 0) is 31.2 Å². The van der Waals surface area contributed by atoms with Crippen molar-refractivity contribution < 1.29 is 14.5 Å². The minimum absolute atomic E-state index is 0.0173. The summed E-state index contributed by atoms with van der Waals surface area (Å²) < 4.78 is 6.61. The van der Waals surface area contributed by atoms with E-state index in [4.69, 9.17) is 4.74 Å². The minimum atomic E-state index is -0.612. The third kappa shape index (κ3) is 3.44. The molecule has 0 amide bonds. The number of esters is 1. The number of hydrogen-bond donors (Lipinski definition) is 0. The first-order chi connectivity index (χ1) is 12.5. The van der Waals surface area contributed by atoms with Gasteiger partial charge in [0.25, 0.3) is 11.2 Å². The molecule has 0 saturated heterocycles. The number of rotatable bonds is 5. The van der Waals surface area contributed by atoms with Gasteiger partial charge in [0, 0.05) is 12.1 Å². The van der Waals surface area contributed by atoms with Gasteiger partial charge >= 0.3 is 5.97 Å². The molecule has 0 atom stereocenters. The zero-order valence-electron chi connectivity index (χ0n) is 13.9. The largest absolute Gasteiger partial charge is 0.460 e.